The van der Waals surface area contributed by atoms with Crippen molar-refractivity contribution in [3.05, 3.63) is 24.3 Å². The summed E-state index contributed by atoms with van der Waals surface area (Å²) >= 11 is 5.44. The van der Waals surface area contributed by atoms with Crippen LogP contribution in [0.1, 0.15) is 13.8 Å². The second kappa shape index (κ2) is 5.69. The highest BCUT2D eigenvalue weighted by Crippen LogP contribution is 2.20. The van der Waals surface area contributed by atoms with Crippen LogP contribution in [0, 0.1) is 0 Å². The molecule has 1 rings (SSSR count). The highest BCUT2D eigenvalue weighted by atomic mass is 35.5. The maximum Gasteiger partial charge on any atom is 0.0932 e. The predicted molar refractivity (Wildman–Crippen MR) is 54.7 cm³/mol. The van der Waals surface area contributed by atoms with E-state index in [2.05, 4.69) is 0 Å². The first-order valence-electron chi connectivity index (χ1n) is 3.77. The van der Waals surface area contributed by atoms with Crippen LogP contribution in [0.3, 0.4) is 0 Å². The molecule has 0 spiro atoms. The third-order valence-electron chi connectivity index (χ3n) is 1.17. The number of hydrogen-bond acceptors (Lipinski definition) is 3. The van der Waals surface area contributed by atoms with Crippen LogP contribution in [0.2, 0.25) is 0 Å². The Kier molecular flexibility index (Phi) is 5.25. The van der Waals surface area contributed by atoms with Crippen LogP contribution < -0.4 is 16.1 Å². The van der Waals surface area contributed by atoms with E-state index in [0.717, 1.165) is 4.53 Å². The monoisotopic (exact) mass is 187 g/mol. The number of nitrogens with two attached hydrogens (primary N) is 2. The molecule has 68 valence electrons. The van der Waals surface area contributed by atoms with Gasteiger partial charge in [0.1, 0.15) is 0 Å². The van der Waals surface area contributed by atoms with Crippen molar-refractivity contribution in [1.29, 1.82) is 0 Å². The zero-order chi connectivity index (χ0) is 9.56. The topological polar surface area (TPSA) is 55.3 Å². The maximum atomic E-state index is 5.52. The van der Waals surface area contributed by atoms with Gasteiger partial charge in [0.15, 0.2) is 0 Å². The SMILES string of the molecule is CC.Nc1ccccc1N(N)Cl. The van der Waals surface area contributed by atoms with Crippen molar-refractivity contribution in [2.24, 2.45) is 5.84 Å². The molecule has 0 aliphatic heterocycles. The van der Waals surface area contributed by atoms with Crippen molar-refractivity contribution in [1.82, 2.24) is 0 Å². The van der Waals surface area contributed by atoms with E-state index >= 15 is 0 Å². The number of benzene rings is 1. The lowest BCUT2D eigenvalue weighted by atomic mass is 10.3. The van der Waals surface area contributed by atoms with E-state index in [0.29, 0.717) is 11.4 Å². The molecule has 0 saturated carbocycles. The van der Waals surface area contributed by atoms with Crippen LogP contribution in [0.15, 0.2) is 24.3 Å². The number of anilines is 2. The van der Waals surface area contributed by atoms with Crippen LogP contribution in [0.5, 0.6) is 0 Å². The molecule has 4 N–H and O–H groups in total. The van der Waals surface area contributed by atoms with Gasteiger partial charge in [-0.25, -0.2) is 10.4 Å². The molecule has 0 atom stereocenters. The average Bonchev–Trinajstić information content (AvgIpc) is 2.08. The predicted octanol–water partition coefficient (Wildman–Crippen LogP) is 2.13. The smallest absolute Gasteiger partial charge is 0.0932 e. The van der Waals surface area contributed by atoms with Crippen molar-refractivity contribution in [3.8, 4) is 0 Å². The lowest BCUT2D eigenvalue weighted by Gasteiger charge is -2.09. The summed E-state index contributed by atoms with van der Waals surface area (Å²) in [5.41, 5.74) is 6.70. The second-order valence-electron chi connectivity index (χ2n) is 1.87. The molecule has 4 heteroatoms. The Labute approximate surface area is 78.0 Å². The molecular formula is C8H14ClN3. The van der Waals surface area contributed by atoms with Gasteiger partial charge in [0.25, 0.3) is 0 Å². The quantitative estimate of drug-likeness (QED) is 0.307. The third kappa shape index (κ3) is 2.98. The first-order valence-corrected chi connectivity index (χ1v) is 4.10. The number of nitrogen functional groups attached to an aromatic ring is 1. The van der Waals surface area contributed by atoms with Gasteiger partial charge in [0.05, 0.1) is 11.4 Å². The van der Waals surface area contributed by atoms with E-state index in [1.807, 2.05) is 26.0 Å². The summed E-state index contributed by atoms with van der Waals surface area (Å²) in [6, 6.07) is 7.10. The number of nitrogens with zero attached hydrogens (tertiary/aromatic N) is 1. The second-order valence-corrected chi connectivity index (χ2v) is 2.23. The Hall–Kier alpha value is -0.930. The highest BCUT2D eigenvalue weighted by Gasteiger charge is 1.99. The zero-order valence-electron chi connectivity index (χ0n) is 7.29. The Balaban J connectivity index is 0.000000561. The largest absolute Gasteiger partial charge is 0.397 e. The lowest BCUT2D eigenvalue weighted by molar-refractivity contribution is 1.20. The minimum absolute atomic E-state index is 0.569. The fourth-order valence-electron chi connectivity index (χ4n) is 0.682. The van der Waals surface area contributed by atoms with Crippen LogP contribution in [0.4, 0.5) is 11.4 Å². The van der Waals surface area contributed by atoms with Crippen LogP contribution in [-0.2, 0) is 0 Å². The van der Waals surface area contributed by atoms with Crippen molar-refractivity contribution in [2.45, 2.75) is 13.8 Å². The number of para-hydroxylation sites is 2. The molecule has 0 aliphatic carbocycles. The third-order valence-corrected chi connectivity index (χ3v) is 1.35. The summed E-state index contributed by atoms with van der Waals surface area (Å²) in [6.07, 6.45) is 0. The van der Waals surface area contributed by atoms with Gasteiger partial charge in [-0.05, 0) is 12.1 Å². The molecule has 0 aromatic heterocycles. The summed E-state index contributed by atoms with van der Waals surface area (Å²) in [5, 5.41) is 0. The summed E-state index contributed by atoms with van der Waals surface area (Å²) in [6.45, 7) is 4.00. The highest BCUT2D eigenvalue weighted by molar-refractivity contribution is 6.25. The number of hydrazine groups is 1. The Morgan fingerprint density at radius 1 is 1.25 bits per heavy atom. The normalized spacial score (nSPS) is 8.33. The van der Waals surface area contributed by atoms with Crippen LogP contribution in [0.25, 0.3) is 0 Å². The van der Waals surface area contributed by atoms with Gasteiger partial charge in [-0.2, -0.15) is 0 Å². The van der Waals surface area contributed by atoms with Gasteiger partial charge in [-0.1, -0.05) is 26.0 Å². The summed E-state index contributed by atoms with van der Waals surface area (Å²) in [5.74, 6) is 5.23. The summed E-state index contributed by atoms with van der Waals surface area (Å²) in [7, 11) is 0. The summed E-state index contributed by atoms with van der Waals surface area (Å²) < 4.78 is 0.968. The maximum absolute atomic E-state index is 5.52. The molecule has 0 radical (unpaired) electrons. The summed E-state index contributed by atoms with van der Waals surface area (Å²) in [4.78, 5) is 0. The van der Waals surface area contributed by atoms with Gasteiger partial charge in [0, 0.05) is 11.8 Å². The molecule has 0 unspecified atom stereocenters. The Bertz CT molecular complexity index is 225. The van der Waals surface area contributed by atoms with Crippen molar-refractivity contribution < 1.29 is 0 Å². The molecule has 0 amide bonds. The first kappa shape index (κ1) is 11.1. The van der Waals surface area contributed by atoms with Crippen molar-refractivity contribution >= 4 is 23.2 Å². The fourth-order valence-corrected chi connectivity index (χ4v) is 0.836. The van der Waals surface area contributed by atoms with E-state index in [-0.39, 0.29) is 0 Å². The van der Waals surface area contributed by atoms with E-state index in [4.69, 9.17) is 23.4 Å². The van der Waals surface area contributed by atoms with Crippen molar-refractivity contribution in [3.63, 3.8) is 0 Å². The molecule has 0 saturated heterocycles. The molecule has 0 bridgehead atoms. The molecular weight excluding hydrogens is 174 g/mol. The molecule has 12 heavy (non-hydrogen) atoms. The first-order chi connectivity index (χ1) is 5.72. The van der Waals surface area contributed by atoms with Gasteiger partial charge in [-0.3, -0.25) is 0 Å². The lowest BCUT2D eigenvalue weighted by Crippen LogP contribution is -2.19. The molecule has 0 aliphatic rings. The Morgan fingerprint density at radius 2 is 1.75 bits per heavy atom. The number of rotatable bonds is 1. The standard InChI is InChI=1S/C6H8ClN3.C2H6/c7-10(9)6-4-2-1-3-5(6)8;1-2/h1-4H,8-9H2;1-2H3. The zero-order valence-corrected chi connectivity index (χ0v) is 8.05. The molecule has 1 aromatic carbocycles. The number of hydrogen-bond donors (Lipinski definition) is 2. The Morgan fingerprint density at radius 3 is 2.08 bits per heavy atom. The molecule has 1 aromatic rings. The van der Waals surface area contributed by atoms with Crippen molar-refractivity contribution in [2.75, 3.05) is 10.3 Å². The van der Waals surface area contributed by atoms with Gasteiger partial charge in [-0.15, -0.1) is 0 Å². The van der Waals surface area contributed by atoms with E-state index in [1.165, 1.54) is 0 Å². The fraction of sp³-hybridized carbons (Fsp3) is 0.250. The van der Waals surface area contributed by atoms with E-state index in [1.54, 1.807) is 12.1 Å². The van der Waals surface area contributed by atoms with E-state index in [9.17, 15) is 0 Å². The molecule has 0 heterocycles. The van der Waals surface area contributed by atoms with Gasteiger partial charge >= 0.3 is 0 Å². The van der Waals surface area contributed by atoms with Crippen LogP contribution >= 0.6 is 11.8 Å². The number of halogens is 1. The minimum atomic E-state index is 0.569. The van der Waals surface area contributed by atoms with Gasteiger partial charge in [0.2, 0.25) is 0 Å². The van der Waals surface area contributed by atoms with Gasteiger partial charge < -0.3 is 5.73 Å². The molecule has 3 nitrogen and oxygen atoms in total. The van der Waals surface area contributed by atoms with Crippen LogP contribution in [-0.4, -0.2) is 0 Å². The van der Waals surface area contributed by atoms with E-state index < -0.39 is 0 Å². The average molecular weight is 188 g/mol. The molecule has 0 fully saturated rings. The minimum Gasteiger partial charge on any atom is -0.397 e.